The van der Waals surface area contributed by atoms with Gasteiger partial charge < -0.3 is 14.8 Å². The molecule has 1 unspecified atom stereocenters. The Balaban J connectivity index is 1.24. The van der Waals surface area contributed by atoms with Crippen LogP contribution in [0.3, 0.4) is 0 Å². The fraction of sp³-hybridized carbons (Fsp3) is 0.417. The minimum absolute atomic E-state index is 0.118. The van der Waals surface area contributed by atoms with E-state index in [1.165, 1.54) is 6.92 Å². The zero-order valence-corrected chi connectivity index (χ0v) is 17.6. The fourth-order valence-corrected chi connectivity index (χ4v) is 5.65. The summed E-state index contributed by atoms with van der Waals surface area (Å²) in [5.41, 5.74) is 4.24. The van der Waals surface area contributed by atoms with E-state index in [2.05, 4.69) is 22.4 Å². The number of aromatic nitrogens is 1. The molecule has 3 fully saturated rings. The summed E-state index contributed by atoms with van der Waals surface area (Å²) in [5, 5.41) is 12.5. The highest BCUT2D eigenvalue weighted by molar-refractivity contribution is 5.94. The first kappa shape index (κ1) is 19.3. The number of ether oxygens (including phenoxy) is 2. The van der Waals surface area contributed by atoms with Crippen molar-refractivity contribution in [3.8, 4) is 17.2 Å². The summed E-state index contributed by atoms with van der Waals surface area (Å²) >= 11 is 0. The van der Waals surface area contributed by atoms with Crippen molar-refractivity contribution in [2.45, 2.75) is 30.9 Å². The van der Waals surface area contributed by atoms with E-state index in [0.29, 0.717) is 26.2 Å². The molecule has 2 saturated heterocycles. The number of nitriles is 1. The summed E-state index contributed by atoms with van der Waals surface area (Å²) < 4.78 is 10.9. The van der Waals surface area contributed by atoms with Crippen LogP contribution in [0, 0.1) is 23.2 Å². The second kappa shape index (κ2) is 6.78. The second-order valence-electron chi connectivity index (χ2n) is 9.01. The number of hydrogen-bond donors (Lipinski definition) is 1. The number of cyclic esters (lactones) is 1. The number of nitrogens with one attached hydrogen (secondary N) is 1. The lowest BCUT2D eigenvalue weighted by Crippen LogP contribution is -2.40. The molecule has 0 bridgehead atoms. The molecule has 0 radical (unpaired) electrons. The monoisotopic (exact) mass is 430 g/mol. The zero-order chi connectivity index (χ0) is 22.0. The van der Waals surface area contributed by atoms with Crippen molar-refractivity contribution < 1.29 is 19.1 Å². The number of amides is 2. The average Bonchev–Trinajstić information content (AvgIpc) is 3.20. The van der Waals surface area contributed by atoms with Gasteiger partial charge in [0.05, 0.1) is 43.3 Å². The number of anilines is 1. The third-order valence-corrected chi connectivity index (χ3v) is 7.38. The Kier molecular flexibility index (Phi) is 4.08. The van der Waals surface area contributed by atoms with Gasteiger partial charge in [0.2, 0.25) is 5.91 Å². The molecule has 2 amide bonds. The van der Waals surface area contributed by atoms with E-state index in [1.54, 1.807) is 4.90 Å². The minimum Gasteiger partial charge on any atom is -0.442 e. The number of hydrogen-bond acceptors (Lipinski definition) is 6. The Morgan fingerprint density at radius 1 is 1.28 bits per heavy atom. The number of carbonyl (C=O) groups excluding carboxylic acids is 2. The lowest BCUT2D eigenvalue weighted by molar-refractivity contribution is -0.119. The van der Waals surface area contributed by atoms with Crippen LogP contribution >= 0.6 is 0 Å². The highest BCUT2D eigenvalue weighted by atomic mass is 16.6. The standard InChI is InChI=1S/C24H22N4O4/c1-13(29)26-9-21-20-7-16-6-14(2-4-19(16)28(20)23(30)32-21)15-3-5-22(27-8-15)24(12-25)17-10-31-11-18(17)24/h2-6,8,17-18,20-21H,7,9-11H2,1H3,(H,26,29)/t17-,18+,20-,21-,24?/m0/s1. The third kappa shape index (κ3) is 2.61. The number of benzene rings is 1. The third-order valence-electron chi connectivity index (χ3n) is 7.38. The van der Waals surface area contributed by atoms with Gasteiger partial charge in [-0.25, -0.2) is 4.79 Å². The smallest absolute Gasteiger partial charge is 0.415 e. The van der Waals surface area contributed by atoms with Crippen molar-refractivity contribution in [2.24, 2.45) is 11.8 Å². The molecule has 1 aromatic carbocycles. The van der Waals surface area contributed by atoms with E-state index >= 15 is 0 Å². The molecule has 4 aliphatic rings. The van der Waals surface area contributed by atoms with Gasteiger partial charge >= 0.3 is 6.09 Å². The highest BCUT2D eigenvalue weighted by Crippen LogP contribution is 2.62. The van der Waals surface area contributed by atoms with E-state index in [9.17, 15) is 14.9 Å². The van der Waals surface area contributed by atoms with E-state index in [4.69, 9.17) is 9.47 Å². The second-order valence-corrected chi connectivity index (χ2v) is 9.01. The average molecular weight is 430 g/mol. The molecule has 1 aromatic heterocycles. The number of nitrogens with zero attached hydrogens (tertiary/aromatic N) is 3. The van der Waals surface area contributed by atoms with Crippen LogP contribution in [-0.4, -0.2) is 48.9 Å². The van der Waals surface area contributed by atoms with Gasteiger partial charge in [-0.2, -0.15) is 5.26 Å². The molecule has 4 heterocycles. The molecular weight excluding hydrogens is 408 g/mol. The van der Waals surface area contributed by atoms with Gasteiger partial charge in [0.1, 0.15) is 11.5 Å². The van der Waals surface area contributed by atoms with Crippen LogP contribution in [0.1, 0.15) is 18.2 Å². The predicted octanol–water partition coefficient (Wildman–Crippen LogP) is 2.17. The molecule has 1 saturated carbocycles. The maximum atomic E-state index is 12.4. The predicted molar refractivity (Wildman–Crippen MR) is 114 cm³/mol. The summed E-state index contributed by atoms with van der Waals surface area (Å²) in [7, 11) is 0. The summed E-state index contributed by atoms with van der Waals surface area (Å²) in [5.74, 6) is 0.364. The molecule has 2 aromatic rings. The van der Waals surface area contributed by atoms with E-state index < -0.39 is 5.41 Å². The van der Waals surface area contributed by atoms with Crippen LogP contribution in [0.15, 0.2) is 36.5 Å². The Bertz CT molecular complexity index is 1160. The van der Waals surface area contributed by atoms with Crippen LogP contribution in [0.5, 0.6) is 0 Å². The lowest BCUT2D eigenvalue weighted by Gasteiger charge is -2.16. The van der Waals surface area contributed by atoms with Crippen molar-refractivity contribution in [1.29, 1.82) is 5.26 Å². The number of carbonyl (C=O) groups is 2. The molecule has 6 rings (SSSR count). The maximum Gasteiger partial charge on any atom is 0.415 e. The lowest BCUT2D eigenvalue weighted by atomic mass is 9.96. The van der Waals surface area contributed by atoms with E-state index in [1.807, 2.05) is 30.5 Å². The molecule has 5 atom stereocenters. The van der Waals surface area contributed by atoms with Gasteiger partial charge in [-0.3, -0.25) is 14.7 Å². The molecule has 162 valence electrons. The Hall–Kier alpha value is -3.44. The Morgan fingerprint density at radius 2 is 2.06 bits per heavy atom. The van der Waals surface area contributed by atoms with Crippen molar-refractivity contribution in [2.75, 3.05) is 24.7 Å². The topological polar surface area (TPSA) is 105 Å². The molecule has 3 aliphatic heterocycles. The van der Waals surface area contributed by atoms with Gasteiger partial charge in [0.15, 0.2) is 0 Å². The normalized spacial score (nSPS) is 31.4. The van der Waals surface area contributed by atoms with Crippen LogP contribution < -0.4 is 10.2 Å². The molecule has 0 spiro atoms. The molecule has 1 aliphatic carbocycles. The molecule has 32 heavy (non-hydrogen) atoms. The van der Waals surface area contributed by atoms with Crippen LogP contribution in [0.4, 0.5) is 10.5 Å². The first-order valence-electron chi connectivity index (χ1n) is 10.9. The van der Waals surface area contributed by atoms with Crippen molar-refractivity contribution >= 4 is 17.7 Å². The number of rotatable bonds is 4. The Labute approximate surface area is 185 Å². The van der Waals surface area contributed by atoms with E-state index in [0.717, 1.165) is 28.1 Å². The maximum absolute atomic E-state index is 12.4. The van der Waals surface area contributed by atoms with Crippen LogP contribution in [0.2, 0.25) is 0 Å². The summed E-state index contributed by atoms with van der Waals surface area (Å²) in [6, 6.07) is 12.4. The van der Waals surface area contributed by atoms with Gasteiger partial charge in [-0.15, -0.1) is 0 Å². The molecule has 8 heteroatoms. The molecule has 8 nitrogen and oxygen atoms in total. The molecular formula is C24H22N4O4. The number of fused-ring (bicyclic) bond motifs is 4. The first-order valence-corrected chi connectivity index (χ1v) is 10.9. The highest BCUT2D eigenvalue weighted by Gasteiger charge is 2.70. The summed E-state index contributed by atoms with van der Waals surface area (Å²) in [6.07, 6.45) is 1.76. The van der Waals surface area contributed by atoms with E-state index in [-0.39, 0.29) is 36.0 Å². The van der Waals surface area contributed by atoms with Crippen molar-refractivity contribution in [3.05, 3.63) is 47.8 Å². The minimum atomic E-state index is -0.497. The van der Waals surface area contributed by atoms with Gasteiger partial charge in [-0.1, -0.05) is 12.1 Å². The van der Waals surface area contributed by atoms with Gasteiger partial charge in [0.25, 0.3) is 0 Å². The number of pyridine rings is 1. The fourth-order valence-electron chi connectivity index (χ4n) is 5.65. The van der Waals surface area contributed by atoms with Gasteiger partial charge in [0, 0.05) is 30.5 Å². The molecule has 1 N–H and O–H groups in total. The van der Waals surface area contributed by atoms with Gasteiger partial charge in [-0.05, 0) is 35.7 Å². The summed E-state index contributed by atoms with van der Waals surface area (Å²) in [4.78, 5) is 30.0. The zero-order valence-electron chi connectivity index (χ0n) is 17.6. The first-order chi connectivity index (χ1) is 15.5. The van der Waals surface area contributed by atoms with Crippen molar-refractivity contribution in [1.82, 2.24) is 10.3 Å². The SMILES string of the molecule is CC(=O)NC[C@@H]1OC(=O)N2c3ccc(-c4ccc(C5(C#N)[C@@H]6COC[C@@H]65)nc4)cc3C[C@@H]12. The quantitative estimate of drug-likeness (QED) is 0.797. The largest absolute Gasteiger partial charge is 0.442 e. The van der Waals surface area contributed by atoms with Crippen molar-refractivity contribution in [3.63, 3.8) is 0 Å². The van der Waals surface area contributed by atoms with Crippen LogP contribution in [0.25, 0.3) is 11.1 Å². The summed E-state index contributed by atoms with van der Waals surface area (Å²) in [6.45, 7) is 3.03. The Morgan fingerprint density at radius 3 is 2.75 bits per heavy atom. The van der Waals surface area contributed by atoms with Crippen LogP contribution in [-0.2, 0) is 26.1 Å².